The molecular formula is C22H22N4O3. The maximum absolute atomic E-state index is 12.4. The number of anilines is 2. The molecule has 29 heavy (non-hydrogen) atoms. The highest BCUT2D eigenvalue weighted by atomic mass is 16.7. The second-order valence-corrected chi connectivity index (χ2v) is 7.07. The Morgan fingerprint density at radius 3 is 2.48 bits per heavy atom. The number of hydrogen-bond acceptors (Lipinski definition) is 6. The summed E-state index contributed by atoms with van der Waals surface area (Å²) in [5.41, 5.74) is 3.38. The number of rotatable bonds is 6. The van der Waals surface area contributed by atoms with Crippen molar-refractivity contribution in [3.63, 3.8) is 0 Å². The minimum atomic E-state index is -0.246. The van der Waals surface area contributed by atoms with Crippen LogP contribution in [-0.4, -0.2) is 22.7 Å². The minimum Gasteiger partial charge on any atom is -0.454 e. The SMILES string of the molecule is CC(C)c1ccc(NC(=O)c2cnc(NCc3ccc4c(c3)OCO4)nc2)cc1. The molecule has 1 amide bonds. The van der Waals surface area contributed by atoms with Gasteiger partial charge in [-0.3, -0.25) is 4.79 Å². The van der Waals surface area contributed by atoms with Gasteiger partial charge in [0, 0.05) is 24.6 Å². The summed E-state index contributed by atoms with van der Waals surface area (Å²) in [6.45, 7) is 5.05. The lowest BCUT2D eigenvalue weighted by Crippen LogP contribution is -2.13. The first-order chi connectivity index (χ1) is 14.1. The predicted molar refractivity (Wildman–Crippen MR) is 110 cm³/mol. The molecule has 2 heterocycles. The first-order valence-electron chi connectivity index (χ1n) is 9.44. The lowest BCUT2D eigenvalue weighted by Gasteiger charge is -2.09. The number of amides is 1. The van der Waals surface area contributed by atoms with Gasteiger partial charge in [-0.05, 0) is 41.3 Å². The number of fused-ring (bicyclic) bond motifs is 1. The number of aromatic nitrogens is 2. The summed E-state index contributed by atoms with van der Waals surface area (Å²) in [7, 11) is 0. The molecule has 7 nitrogen and oxygen atoms in total. The van der Waals surface area contributed by atoms with E-state index in [0.29, 0.717) is 24.0 Å². The first kappa shape index (κ1) is 18.7. The van der Waals surface area contributed by atoms with Gasteiger partial charge in [0.15, 0.2) is 11.5 Å². The summed E-state index contributed by atoms with van der Waals surface area (Å²) < 4.78 is 10.7. The van der Waals surface area contributed by atoms with E-state index in [1.54, 1.807) is 0 Å². The predicted octanol–water partition coefficient (Wildman–Crippen LogP) is 4.19. The Balaban J connectivity index is 1.34. The molecule has 0 spiro atoms. The van der Waals surface area contributed by atoms with Gasteiger partial charge in [0.2, 0.25) is 12.7 Å². The molecule has 0 bridgehead atoms. The fraction of sp³-hybridized carbons (Fsp3) is 0.227. The summed E-state index contributed by atoms with van der Waals surface area (Å²) in [6.07, 6.45) is 3.01. The summed E-state index contributed by atoms with van der Waals surface area (Å²) in [6, 6.07) is 13.6. The van der Waals surface area contributed by atoms with Crippen molar-refractivity contribution in [1.82, 2.24) is 9.97 Å². The number of carbonyl (C=O) groups excluding carboxylic acids is 1. The van der Waals surface area contributed by atoms with E-state index < -0.39 is 0 Å². The number of carbonyl (C=O) groups is 1. The van der Waals surface area contributed by atoms with Crippen molar-refractivity contribution in [3.05, 3.63) is 71.5 Å². The molecule has 7 heteroatoms. The van der Waals surface area contributed by atoms with Crippen LogP contribution in [0.1, 0.15) is 41.3 Å². The van der Waals surface area contributed by atoms with Gasteiger partial charge in [-0.25, -0.2) is 9.97 Å². The van der Waals surface area contributed by atoms with Gasteiger partial charge in [0.1, 0.15) is 0 Å². The molecule has 0 aliphatic carbocycles. The van der Waals surface area contributed by atoms with E-state index in [1.165, 1.54) is 18.0 Å². The van der Waals surface area contributed by atoms with Gasteiger partial charge in [-0.2, -0.15) is 0 Å². The van der Waals surface area contributed by atoms with E-state index in [0.717, 1.165) is 22.7 Å². The quantitative estimate of drug-likeness (QED) is 0.656. The smallest absolute Gasteiger partial charge is 0.258 e. The van der Waals surface area contributed by atoms with Crippen molar-refractivity contribution in [2.75, 3.05) is 17.4 Å². The lowest BCUT2D eigenvalue weighted by atomic mass is 10.0. The van der Waals surface area contributed by atoms with Crippen LogP contribution in [0.5, 0.6) is 11.5 Å². The molecule has 1 aliphatic rings. The largest absolute Gasteiger partial charge is 0.454 e. The standard InChI is InChI=1S/C22H22N4O3/c1-14(2)16-4-6-18(7-5-16)26-21(27)17-11-24-22(25-12-17)23-10-15-3-8-19-20(9-15)29-13-28-19/h3-9,11-12,14H,10,13H2,1-2H3,(H,26,27)(H,23,24,25). The van der Waals surface area contributed by atoms with Crippen molar-refractivity contribution in [3.8, 4) is 11.5 Å². The third kappa shape index (κ3) is 4.45. The molecule has 4 rings (SSSR count). The number of nitrogens with zero attached hydrogens (tertiary/aromatic N) is 2. The Morgan fingerprint density at radius 1 is 1.03 bits per heavy atom. The van der Waals surface area contributed by atoms with Crippen LogP contribution in [0.15, 0.2) is 54.9 Å². The molecule has 0 radical (unpaired) electrons. The Hall–Kier alpha value is -3.61. The van der Waals surface area contributed by atoms with Crippen molar-refractivity contribution in [1.29, 1.82) is 0 Å². The number of nitrogens with one attached hydrogen (secondary N) is 2. The number of ether oxygens (including phenoxy) is 2. The Kier molecular flexibility index (Phi) is 5.29. The average Bonchev–Trinajstić information content (AvgIpc) is 3.21. The Bertz CT molecular complexity index is 1000. The zero-order valence-electron chi connectivity index (χ0n) is 16.3. The van der Waals surface area contributed by atoms with Crippen LogP contribution >= 0.6 is 0 Å². The third-order valence-electron chi connectivity index (χ3n) is 4.64. The van der Waals surface area contributed by atoms with E-state index in [1.807, 2.05) is 42.5 Å². The second-order valence-electron chi connectivity index (χ2n) is 7.07. The second kappa shape index (κ2) is 8.18. The summed E-state index contributed by atoms with van der Waals surface area (Å²) in [5, 5.41) is 5.99. The molecule has 0 saturated heterocycles. The van der Waals surface area contributed by atoms with Crippen LogP contribution in [0, 0.1) is 0 Å². The van der Waals surface area contributed by atoms with Crippen molar-refractivity contribution >= 4 is 17.5 Å². The minimum absolute atomic E-state index is 0.246. The van der Waals surface area contributed by atoms with E-state index in [4.69, 9.17) is 9.47 Å². The molecule has 0 fully saturated rings. The molecule has 148 valence electrons. The summed E-state index contributed by atoms with van der Waals surface area (Å²) >= 11 is 0. The van der Waals surface area contributed by atoms with Gasteiger partial charge in [-0.1, -0.05) is 32.0 Å². The number of hydrogen-bond donors (Lipinski definition) is 2. The van der Waals surface area contributed by atoms with Crippen molar-refractivity contribution < 1.29 is 14.3 Å². The van der Waals surface area contributed by atoms with Crippen LogP contribution < -0.4 is 20.1 Å². The first-order valence-corrected chi connectivity index (χ1v) is 9.44. The number of benzene rings is 2. The van der Waals surface area contributed by atoms with Crippen LogP contribution in [0.25, 0.3) is 0 Å². The highest BCUT2D eigenvalue weighted by molar-refractivity contribution is 6.03. The van der Waals surface area contributed by atoms with Crippen molar-refractivity contribution in [2.45, 2.75) is 26.3 Å². The third-order valence-corrected chi connectivity index (χ3v) is 4.64. The maximum Gasteiger partial charge on any atom is 0.258 e. The summed E-state index contributed by atoms with van der Waals surface area (Å²) in [4.78, 5) is 20.8. The molecular weight excluding hydrogens is 368 g/mol. The molecule has 1 aliphatic heterocycles. The molecule has 1 aromatic heterocycles. The van der Waals surface area contributed by atoms with Gasteiger partial charge in [0.25, 0.3) is 5.91 Å². The van der Waals surface area contributed by atoms with Crippen LogP contribution in [0.3, 0.4) is 0 Å². The zero-order chi connectivity index (χ0) is 20.2. The molecule has 2 aromatic carbocycles. The van der Waals surface area contributed by atoms with Crippen LogP contribution in [-0.2, 0) is 6.54 Å². The van der Waals surface area contributed by atoms with E-state index in [9.17, 15) is 4.79 Å². The van der Waals surface area contributed by atoms with Gasteiger partial charge in [0.05, 0.1) is 5.56 Å². The molecule has 2 N–H and O–H groups in total. The summed E-state index contributed by atoms with van der Waals surface area (Å²) in [5.74, 6) is 2.13. The fourth-order valence-electron chi connectivity index (χ4n) is 2.92. The highest BCUT2D eigenvalue weighted by Gasteiger charge is 2.13. The molecule has 0 saturated carbocycles. The van der Waals surface area contributed by atoms with E-state index in [2.05, 4.69) is 34.4 Å². The Labute approximate surface area is 169 Å². The van der Waals surface area contributed by atoms with E-state index in [-0.39, 0.29) is 12.7 Å². The van der Waals surface area contributed by atoms with Gasteiger partial charge in [-0.15, -0.1) is 0 Å². The van der Waals surface area contributed by atoms with Gasteiger partial charge >= 0.3 is 0 Å². The lowest BCUT2D eigenvalue weighted by molar-refractivity contribution is 0.102. The fourth-order valence-corrected chi connectivity index (χ4v) is 2.92. The Morgan fingerprint density at radius 2 is 1.76 bits per heavy atom. The zero-order valence-corrected chi connectivity index (χ0v) is 16.3. The average molecular weight is 390 g/mol. The van der Waals surface area contributed by atoms with Crippen molar-refractivity contribution in [2.24, 2.45) is 0 Å². The van der Waals surface area contributed by atoms with Crippen LogP contribution in [0.2, 0.25) is 0 Å². The molecule has 0 atom stereocenters. The topological polar surface area (TPSA) is 85.4 Å². The van der Waals surface area contributed by atoms with E-state index >= 15 is 0 Å². The normalized spacial score (nSPS) is 12.1. The molecule has 0 unspecified atom stereocenters. The van der Waals surface area contributed by atoms with Crippen LogP contribution in [0.4, 0.5) is 11.6 Å². The maximum atomic E-state index is 12.4. The van der Waals surface area contributed by atoms with Gasteiger partial charge < -0.3 is 20.1 Å². The highest BCUT2D eigenvalue weighted by Crippen LogP contribution is 2.32. The molecule has 3 aromatic rings. The monoisotopic (exact) mass is 390 g/mol.